The Kier molecular flexibility index (Phi) is 2.93. The van der Waals surface area contributed by atoms with E-state index in [1.165, 1.54) is 6.07 Å². The Balaban J connectivity index is 1.84. The number of pyridine rings is 2. The van der Waals surface area contributed by atoms with Gasteiger partial charge >= 0.3 is 0 Å². The molecule has 1 radical (unpaired) electrons. The van der Waals surface area contributed by atoms with E-state index in [1.54, 1.807) is 24.7 Å². The summed E-state index contributed by atoms with van der Waals surface area (Å²) in [6, 6.07) is 15.3. The zero-order chi connectivity index (χ0) is 14.9. The largest absolute Gasteiger partial charge is 0.300 e. The van der Waals surface area contributed by atoms with E-state index in [-0.39, 0.29) is 5.82 Å². The van der Waals surface area contributed by atoms with E-state index in [0.717, 1.165) is 28.0 Å². The van der Waals surface area contributed by atoms with Gasteiger partial charge in [-0.15, -0.1) is 0 Å². The molecule has 4 heteroatoms. The van der Waals surface area contributed by atoms with Crippen LogP contribution in [-0.2, 0) is 0 Å². The van der Waals surface area contributed by atoms with E-state index in [4.69, 9.17) is 0 Å². The summed E-state index contributed by atoms with van der Waals surface area (Å²) < 4.78 is 15.3. The lowest BCUT2D eigenvalue weighted by molar-refractivity contribution is 0.626. The first-order chi connectivity index (χ1) is 10.8. The van der Waals surface area contributed by atoms with Crippen molar-refractivity contribution in [3.63, 3.8) is 0 Å². The van der Waals surface area contributed by atoms with Crippen molar-refractivity contribution >= 4 is 5.65 Å². The van der Waals surface area contributed by atoms with Crippen molar-refractivity contribution in [2.24, 2.45) is 0 Å². The zero-order valence-electron chi connectivity index (χ0n) is 11.6. The van der Waals surface area contributed by atoms with Gasteiger partial charge in [0.05, 0.1) is 11.9 Å². The van der Waals surface area contributed by atoms with Crippen molar-refractivity contribution in [1.29, 1.82) is 0 Å². The van der Waals surface area contributed by atoms with Gasteiger partial charge in [0.25, 0.3) is 0 Å². The van der Waals surface area contributed by atoms with Crippen LogP contribution in [0.1, 0.15) is 0 Å². The molecule has 4 aromatic rings. The average Bonchev–Trinajstić information content (AvgIpc) is 2.99. The van der Waals surface area contributed by atoms with E-state index in [9.17, 15) is 4.39 Å². The highest BCUT2D eigenvalue weighted by molar-refractivity contribution is 5.70. The van der Waals surface area contributed by atoms with E-state index in [2.05, 4.69) is 16.0 Å². The molecule has 0 spiro atoms. The molecule has 0 atom stereocenters. The summed E-state index contributed by atoms with van der Waals surface area (Å²) in [6.07, 6.45) is 7.22. The summed E-state index contributed by atoms with van der Waals surface area (Å²) >= 11 is 0. The van der Waals surface area contributed by atoms with Gasteiger partial charge in [0.1, 0.15) is 11.5 Å². The maximum Gasteiger partial charge on any atom is 0.137 e. The fraction of sp³-hybridized carbons (Fsp3) is 0. The Labute approximate surface area is 126 Å². The predicted molar refractivity (Wildman–Crippen MR) is 82.7 cm³/mol. The summed E-state index contributed by atoms with van der Waals surface area (Å²) in [5.74, 6) is -0.374. The molecule has 3 heterocycles. The molecule has 1 aromatic carbocycles. The van der Waals surface area contributed by atoms with Crippen LogP contribution < -0.4 is 0 Å². The van der Waals surface area contributed by atoms with E-state index >= 15 is 0 Å². The Bertz CT molecular complexity index is 945. The Morgan fingerprint density at radius 3 is 2.64 bits per heavy atom. The minimum atomic E-state index is -0.374. The number of nitrogens with zero attached hydrogens (tertiary/aromatic N) is 3. The highest BCUT2D eigenvalue weighted by Crippen LogP contribution is 2.25. The predicted octanol–water partition coefficient (Wildman–Crippen LogP) is 4.00. The molecule has 105 valence electrons. The average molecular weight is 288 g/mol. The zero-order valence-corrected chi connectivity index (χ0v) is 11.6. The Hall–Kier alpha value is -3.01. The molecule has 0 aliphatic heterocycles. The van der Waals surface area contributed by atoms with Crippen LogP contribution in [0.25, 0.3) is 28.0 Å². The summed E-state index contributed by atoms with van der Waals surface area (Å²) in [5, 5.41) is 0. The first-order valence-electron chi connectivity index (χ1n) is 6.86. The molecule has 0 fully saturated rings. The molecular weight excluding hydrogens is 277 g/mol. The Morgan fingerprint density at radius 1 is 0.955 bits per heavy atom. The summed E-state index contributed by atoms with van der Waals surface area (Å²) in [5.41, 5.74) is 4.60. The standard InChI is InChI=1S/C18H11FN3/c19-16-3-1-2-15(10-16)17-12-21-18-11-14(6-9-22(17)18)13-4-7-20-8-5-13/h1-2,4-12H. The van der Waals surface area contributed by atoms with Crippen molar-refractivity contribution in [2.75, 3.05) is 0 Å². The van der Waals surface area contributed by atoms with Crippen LogP contribution in [0.2, 0.25) is 0 Å². The molecule has 3 nitrogen and oxygen atoms in total. The first-order valence-corrected chi connectivity index (χ1v) is 6.86. The summed E-state index contributed by atoms with van der Waals surface area (Å²) in [4.78, 5) is 8.45. The molecule has 0 saturated carbocycles. The van der Waals surface area contributed by atoms with Crippen molar-refractivity contribution in [3.05, 3.63) is 79.1 Å². The minimum absolute atomic E-state index is 0.374. The molecule has 0 unspecified atom stereocenters. The smallest absolute Gasteiger partial charge is 0.137 e. The van der Waals surface area contributed by atoms with Gasteiger partial charge in [0.2, 0.25) is 0 Å². The second-order valence-electron chi connectivity index (χ2n) is 4.95. The molecule has 0 aliphatic carbocycles. The van der Waals surface area contributed by atoms with Gasteiger partial charge in [-0.1, -0.05) is 12.1 Å². The van der Waals surface area contributed by atoms with Crippen molar-refractivity contribution < 1.29 is 4.39 Å². The number of benzene rings is 1. The van der Waals surface area contributed by atoms with Crippen LogP contribution in [0.4, 0.5) is 4.39 Å². The molecule has 4 rings (SSSR count). The maximum absolute atomic E-state index is 13.4. The van der Waals surface area contributed by atoms with Crippen molar-refractivity contribution in [3.8, 4) is 22.4 Å². The molecule has 0 saturated heterocycles. The van der Waals surface area contributed by atoms with Crippen LogP contribution in [0, 0.1) is 11.9 Å². The number of hydrogen-bond acceptors (Lipinski definition) is 2. The monoisotopic (exact) mass is 288 g/mol. The third-order valence-electron chi connectivity index (χ3n) is 3.59. The van der Waals surface area contributed by atoms with Gasteiger partial charge in [-0.05, 0) is 41.5 Å². The maximum atomic E-state index is 13.4. The molecule has 0 bridgehead atoms. The van der Waals surface area contributed by atoms with Crippen LogP contribution in [0.15, 0.2) is 67.3 Å². The van der Waals surface area contributed by atoms with Gasteiger partial charge in [-0.25, -0.2) is 9.37 Å². The number of fused-ring (bicyclic) bond motifs is 1. The number of halogens is 1. The summed E-state index contributed by atoms with van der Waals surface area (Å²) in [6.45, 7) is 0. The third-order valence-corrected chi connectivity index (χ3v) is 3.59. The van der Waals surface area contributed by atoms with Gasteiger partial charge in [0, 0.05) is 30.2 Å². The normalized spacial score (nSPS) is 11.0. The number of hydrogen-bond donors (Lipinski definition) is 0. The highest BCUT2D eigenvalue weighted by atomic mass is 19.1. The van der Waals surface area contributed by atoms with Crippen LogP contribution >= 0.6 is 0 Å². The fourth-order valence-electron chi connectivity index (χ4n) is 2.51. The number of aromatic nitrogens is 3. The van der Waals surface area contributed by atoms with Crippen LogP contribution in [0.3, 0.4) is 0 Å². The quantitative estimate of drug-likeness (QED) is 0.558. The SMILES string of the molecule is Fc1[c]ccc(-c2cnc3cc(-c4ccncc4)ccn23)c1. The third kappa shape index (κ3) is 2.15. The lowest BCUT2D eigenvalue weighted by atomic mass is 10.1. The topological polar surface area (TPSA) is 30.2 Å². The van der Waals surface area contributed by atoms with E-state index in [0.29, 0.717) is 0 Å². The van der Waals surface area contributed by atoms with Gasteiger partial charge in [-0.3, -0.25) is 9.38 Å². The molecule has 0 aliphatic rings. The first kappa shape index (κ1) is 12.7. The minimum Gasteiger partial charge on any atom is -0.300 e. The second-order valence-corrected chi connectivity index (χ2v) is 4.95. The van der Waals surface area contributed by atoms with Crippen molar-refractivity contribution in [1.82, 2.24) is 14.4 Å². The second kappa shape index (κ2) is 5.07. The lowest BCUT2D eigenvalue weighted by Gasteiger charge is -2.05. The molecule has 0 N–H and O–H groups in total. The van der Waals surface area contributed by atoms with Gasteiger partial charge in [0.15, 0.2) is 0 Å². The highest BCUT2D eigenvalue weighted by Gasteiger charge is 2.08. The van der Waals surface area contributed by atoms with Crippen LogP contribution in [0.5, 0.6) is 0 Å². The molecular formula is C18H11FN3. The van der Waals surface area contributed by atoms with E-state index in [1.807, 2.05) is 40.9 Å². The van der Waals surface area contributed by atoms with Gasteiger partial charge in [-0.2, -0.15) is 0 Å². The van der Waals surface area contributed by atoms with E-state index < -0.39 is 0 Å². The van der Waals surface area contributed by atoms with Crippen LogP contribution in [-0.4, -0.2) is 14.4 Å². The number of rotatable bonds is 2. The molecule has 0 amide bonds. The molecule has 22 heavy (non-hydrogen) atoms. The lowest BCUT2D eigenvalue weighted by Crippen LogP contribution is -1.89. The Morgan fingerprint density at radius 2 is 1.82 bits per heavy atom. The van der Waals surface area contributed by atoms with Crippen molar-refractivity contribution in [2.45, 2.75) is 0 Å². The summed E-state index contributed by atoms with van der Waals surface area (Å²) in [7, 11) is 0. The fourth-order valence-corrected chi connectivity index (χ4v) is 2.51. The number of imidazole rings is 1. The molecule has 3 aromatic heterocycles. The van der Waals surface area contributed by atoms with Gasteiger partial charge < -0.3 is 0 Å².